The summed E-state index contributed by atoms with van der Waals surface area (Å²) in [7, 11) is 0. The minimum absolute atomic E-state index is 0.0791. The first kappa shape index (κ1) is 11.9. The zero-order chi connectivity index (χ0) is 11.9. The molecule has 1 fully saturated rings. The third-order valence-corrected chi connectivity index (χ3v) is 4.49. The summed E-state index contributed by atoms with van der Waals surface area (Å²) in [6, 6.07) is 1.72. The molecule has 1 aliphatic rings. The number of carbonyl (C=O) groups is 1. The molecule has 3 nitrogen and oxygen atoms in total. The fraction of sp³-hybridized carbons (Fsp3) is 0.545. The summed E-state index contributed by atoms with van der Waals surface area (Å²) in [5, 5.41) is 12.3. The van der Waals surface area contributed by atoms with E-state index >= 15 is 0 Å². The highest BCUT2D eigenvalue weighted by Crippen LogP contribution is 2.30. The maximum Gasteiger partial charge on any atom is 0.265 e. The molecule has 16 heavy (non-hydrogen) atoms. The van der Waals surface area contributed by atoms with Crippen LogP contribution in [0.5, 0.6) is 0 Å². The third-order valence-electron chi connectivity index (χ3n) is 3.17. The number of nitrogens with zero attached hydrogens (tertiary/aromatic N) is 1. The van der Waals surface area contributed by atoms with Gasteiger partial charge in [-0.25, -0.2) is 0 Å². The van der Waals surface area contributed by atoms with Crippen LogP contribution in [0.25, 0.3) is 0 Å². The summed E-state index contributed by atoms with van der Waals surface area (Å²) in [4.78, 5) is 14.3. The Kier molecular flexibility index (Phi) is 2.99. The number of likely N-dealkylation sites (tertiary alicyclic amines) is 1. The summed E-state index contributed by atoms with van der Waals surface area (Å²) in [6.07, 6.45) is 0. The number of hydrogen-bond acceptors (Lipinski definition) is 3. The molecule has 2 heterocycles. The maximum absolute atomic E-state index is 12.1. The molecule has 1 aromatic rings. The van der Waals surface area contributed by atoms with E-state index in [1.54, 1.807) is 23.3 Å². The van der Waals surface area contributed by atoms with Gasteiger partial charge in [-0.1, -0.05) is 18.5 Å². The molecular formula is C11H14ClNO2S. The SMILES string of the molecule is C[C@H]1CN(C(=O)c2sccc2Cl)C[C@@]1(C)O. The second-order valence-corrected chi connectivity index (χ2v) is 5.86. The minimum Gasteiger partial charge on any atom is -0.388 e. The molecule has 1 aliphatic heterocycles. The number of rotatable bonds is 1. The van der Waals surface area contributed by atoms with Gasteiger partial charge in [0.1, 0.15) is 4.88 Å². The minimum atomic E-state index is -0.792. The first-order chi connectivity index (χ1) is 7.42. The van der Waals surface area contributed by atoms with Crippen LogP contribution in [0.2, 0.25) is 5.02 Å². The Morgan fingerprint density at radius 3 is 2.88 bits per heavy atom. The zero-order valence-corrected chi connectivity index (χ0v) is 10.8. The lowest BCUT2D eigenvalue weighted by Gasteiger charge is -2.20. The van der Waals surface area contributed by atoms with Gasteiger partial charge in [0.15, 0.2) is 0 Å². The molecule has 1 N–H and O–H groups in total. The predicted octanol–water partition coefficient (Wildman–Crippen LogP) is 2.24. The van der Waals surface area contributed by atoms with E-state index in [-0.39, 0.29) is 11.8 Å². The Hall–Kier alpha value is -0.580. The summed E-state index contributed by atoms with van der Waals surface area (Å²) < 4.78 is 0. The van der Waals surface area contributed by atoms with E-state index in [2.05, 4.69) is 0 Å². The van der Waals surface area contributed by atoms with Gasteiger partial charge in [0, 0.05) is 19.0 Å². The summed E-state index contributed by atoms with van der Waals surface area (Å²) in [6.45, 7) is 4.67. The van der Waals surface area contributed by atoms with Gasteiger partial charge in [-0.2, -0.15) is 0 Å². The number of β-amino-alcohol motifs (C(OH)–C–C–N with tert-alkyl or cyclic N) is 1. The number of halogens is 1. The molecule has 0 bridgehead atoms. The van der Waals surface area contributed by atoms with E-state index < -0.39 is 5.60 Å². The van der Waals surface area contributed by atoms with Crippen LogP contribution >= 0.6 is 22.9 Å². The average molecular weight is 260 g/mol. The molecule has 1 aromatic heterocycles. The van der Waals surface area contributed by atoms with Crippen molar-refractivity contribution in [3.8, 4) is 0 Å². The van der Waals surface area contributed by atoms with Crippen LogP contribution < -0.4 is 0 Å². The van der Waals surface area contributed by atoms with Crippen LogP contribution in [-0.2, 0) is 0 Å². The number of hydrogen-bond donors (Lipinski definition) is 1. The molecule has 1 saturated heterocycles. The van der Waals surface area contributed by atoms with Gasteiger partial charge >= 0.3 is 0 Å². The molecular weight excluding hydrogens is 246 g/mol. The quantitative estimate of drug-likeness (QED) is 0.840. The molecule has 1 amide bonds. The van der Waals surface area contributed by atoms with Crippen molar-refractivity contribution in [3.05, 3.63) is 21.3 Å². The average Bonchev–Trinajstić information content (AvgIpc) is 2.71. The molecule has 0 aromatic carbocycles. The first-order valence-electron chi connectivity index (χ1n) is 5.16. The molecule has 5 heteroatoms. The molecule has 0 unspecified atom stereocenters. The largest absolute Gasteiger partial charge is 0.388 e. The number of amides is 1. The molecule has 0 radical (unpaired) electrons. The van der Waals surface area contributed by atoms with Crippen molar-refractivity contribution < 1.29 is 9.90 Å². The fourth-order valence-electron chi connectivity index (χ4n) is 1.88. The molecule has 2 atom stereocenters. The van der Waals surface area contributed by atoms with Crippen molar-refractivity contribution in [1.82, 2.24) is 4.90 Å². The smallest absolute Gasteiger partial charge is 0.265 e. The van der Waals surface area contributed by atoms with Gasteiger partial charge in [0.25, 0.3) is 5.91 Å². The van der Waals surface area contributed by atoms with Gasteiger partial charge in [-0.15, -0.1) is 11.3 Å². The Morgan fingerprint density at radius 1 is 1.75 bits per heavy atom. The van der Waals surface area contributed by atoms with Crippen molar-refractivity contribution >= 4 is 28.8 Å². The van der Waals surface area contributed by atoms with E-state index in [9.17, 15) is 9.90 Å². The van der Waals surface area contributed by atoms with Crippen molar-refractivity contribution in [2.45, 2.75) is 19.4 Å². The highest BCUT2D eigenvalue weighted by molar-refractivity contribution is 7.12. The van der Waals surface area contributed by atoms with Crippen LogP contribution in [0.3, 0.4) is 0 Å². The fourth-order valence-corrected chi connectivity index (χ4v) is 2.98. The van der Waals surface area contributed by atoms with Crippen molar-refractivity contribution in [3.63, 3.8) is 0 Å². The van der Waals surface area contributed by atoms with Crippen molar-refractivity contribution in [2.75, 3.05) is 13.1 Å². The highest BCUT2D eigenvalue weighted by atomic mass is 35.5. The topological polar surface area (TPSA) is 40.5 Å². The van der Waals surface area contributed by atoms with Crippen LogP contribution in [0.1, 0.15) is 23.5 Å². The van der Waals surface area contributed by atoms with Crippen molar-refractivity contribution in [2.24, 2.45) is 5.92 Å². The zero-order valence-electron chi connectivity index (χ0n) is 9.24. The van der Waals surface area contributed by atoms with Crippen LogP contribution in [0.15, 0.2) is 11.4 Å². The van der Waals surface area contributed by atoms with Gasteiger partial charge in [0.05, 0.1) is 10.6 Å². The number of carbonyl (C=O) groups excluding carboxylic acids is 1. The molecule has 88 valence electrons. The Morgan fingerprint density at radius 2 is 2.44 bits per heavy atom. The number of aliphatic hydroxyl groups is 1. The van der Waals surface area contributed by atoms with E-state index in [4.69, 9.17) is 11.6 Å². The van der Waals surface area contributed by atoms with E-state index in [0.29, 0.717) is 23.0 Å². The molecule has 0 saturated carbocycles. The van der Waals surface area contributed by atoms with Gasteiger partial charge in [-0.3, -0.25) is 4.79 Å². The normalized spacial score (nSPS) is 29.8. The Bertz CT molecular complexity index is 416. The lowest BCUT2D eigenvalue weighted by atomic mass is 9.95. The summed E-state index contributed by atoms with van der Waals surface area (Å²) >= 11 is 7.26. The van der Waals surface area contributed by atoms with Crippen molar-refractivity contribution in [1.29, 1.82) is 0 Å². The summed E-state index contributed by atoms with van der Waals surface area (Å²) in [5.41, 5.74) is -0.792. The van der Waals surface area contributed by atoms with Crippen LogP contribution in [-0.4, -0.2) is 34.6 Å². The Balaban J connectivity index is 2.17. The predicted molar refractivity (Wildman–Crippen MR) is 65.0 cm³/mol. The third kappa shape index (κ3) is 1.97. The van der Waals surface area contributed by atoms with E-state index in [1.807, 2.05) is 6.92 Å². The highest BCUT2D eigenvalue weighted by Gasteiger charge is 2.41. The Labute approximate surface area is 104 Å². The first-order valence-corrected chi connectivity index (χ1v) is 6.42. The number of thiophene rings is 1. The van der Waals surface area contributed by atoms with Crippen LogP contribution in [0, 0.1) is 5.92 Å². The summed E-state index contributed by atoms with van der Waals surface area (Å²) in [5.74, 6) is 0.0137. The molecule has 2 rings (SSSR count). The molecule has 0 spiro atoms. The monoisotopic (exact) mass is 259 g/mol. The van der Waals surface area contributed by atoms with Crippen LogP contribution in [0.4, 0.5) is 0 Å². The molecule has 0 aliphatic carbocycles. The standard InChI is InChI=1S/C11H14ClNO2S/c1-7-5-13(6-11(7,2)15)10(14)9-8(12)3-4-16-9/h3-4,7,15H,5-6H2,1-2H3/t7-,11+/m0/s1. The van der Waals surface area contributed by atoms with E-state index in [0.717, 1.165) is 0 Å². The lowest BCUT2D eigenvalue weighted by molar-refractivity contribution is 0.0352. The maximum atomic E-state index is 12.1. The van der Waals surface area contributed by atoms with Gasteiger partial charge in [-0.05, 0) is 18.4 Å². The van der Waals surface area contributed by atoms with Gasteiger partial charge < -0.3 is 10.0 Å². The van der Waals surface area contributed by atoms with E-state index in [1.165, 1.54) is 11.3 Å². The lowest BCUT2D eigenvalue weighted by Crippen LogP contribution is -2.35. The second kappa shape index (κ2) is 4.02. The van der Waals surface area contributed by atoms with Gasteiger partial charge in [0.2, 0.25) is 0 Å². The second-order valence-electron chi connectivity index (χ2n) is 4.54.